The molecule has 2 aliphatic rings. The number of nitrogens with zero attached hydrogens (tertiary/aromatic N) is 3. The maximum Gasteiger partial charge on any atom is 0.152 e. The van der Waals surface area contributed by atoms with E-state index < -0.39 is 0 Å². The van der Waals surface area contributed by atoms with Crippen LogP contribution in [0.25, 0.3) is 0 Å². The topological polar surface area (TPSA) is 29.0 Å². The number of benzene rings is 1. The average molecular weight is 345 g/mol. The van der Waals surface area contributed by atoms with E-state index in [-0.39, 0.29) is 0 Å². The van der Waals surface area contributed by atoms with Gasteiger partial charge in [-0.3, -0.25) is 4.90 Å². The van der Waals surface area contributed by atoms with Crippen molar-refractivity contribution in [3.05, 3.63) is 65.5 Å². The van der Waals surface area contributed by atoms with Gasteiger partial charge in [0, 0.05) is 12.4 Å². The Bertz CT molecular complexity index is 967. The van der Waals surface area contributed by atoms with Crippen molar-refractivity contribution in [2.45, 2.75) is 42.4 Å². The van der Waals surface area contributed by atoms with E-state index in [2.05, 4.69) is 42.2 Å². The van der Waals surface area contributed by atoms with E-state index in [4.69, 9.17) is 9.97 Å². The van der Waals surface area contributed by atoms with E-state index in [1.54, 1.807) is 11.8 Å². The molecule has 5 rings (SSSR count). The van der Waals surface area contributed by atoms with Gasteiger partial charge >= 0.3 is 0 Å². The molecule has 0 N–H and O–H groups in total. The molecule has 1 aromatic carbocycles. The highest BCUT2D eigenvalue weighted by Gasteiger charge is 2.29. The molecule has 1 aliphatic heterocycles. The van der Waals surface area contributed by atoms with Gasteiger partial charge in [-0.15, -0.1) is 0 Å². The van der Waals surface area contributed by atoms with Gasteiger partial charge in [-0.05, 0) is 73.6 Å². The second kappa shape index (κ2) is 5.88. The Balaban J connectivity index is 1.77. The van der Waals surface area contributed by atoms with E-state index in [9.17, 15) is 0 Å². The van der Waals surface area contributed by atoms with Crippen molar-refractivity contribution in [3.8, 4) is 0 Å². The van der Waals surface area contributed by atoms with Crippen LogP contribution in [0, 0.1) is 6.92 Å². The number of fused-ring (bicyclic) bond motifs is 3. The summed E-state index contributed by atoms with van der Waals surface area (Å²) in [6, 6.07) is 13.1. The lowest BCUT2D eigenvalue weighted by molar-refractivity contribution is 0.685. The maximum atomic E-state index is 4.79. The van der Waals surface area contributed by atoms with Gasteiger partial charge in [0.05, 0.1) is 15.5 Å². The van der Waals surface area contributed by atoms with Crippen molar-refractivity contribution in [1.29, 1.82) is 0 Å². The summed E-state index contributed by atoms with van der Waals surface area (Å²) in [5.41, 5.74) is 5.38. The van der Waals surface area contributed by atoms with Crippen LogP contribution in [-0.4, -0.2) is 9.97 Å². The number of hydrogen-bond donors (Lipinski definition) is 0. The summed E-state index contributed by atoms with van der Waals surface area (Å²) in [6.45, 7) is 2.10. The first-order valence-electron chi connectivity index (χ1n) is 8.82. The summed E-state index contributed by atoms with van der Waals surface area (Å²) in [7, 11) is 0. The number of anilines is 3. The molecule has 3 heterocycles. The minimum absolute atomic E-state index is 0.996. The highest BCUT2D eigenvalue weighted by molar-refractivity contribution is 7.99. The van der Waals surface area contributed by atoms with E-state index in [0.29, 0.717) is 0 Å². The molecular weight excluding hydrogens is 326 g/mol. The highest BCUT2D eigenvalue weighted by Crippen LogP contribution is 2.50. The minimum Gasteiger partial charge on any atom is -0.277 e. The molecule has 4 heteroatoms. The molecule has 25 heavy (non-hydrogen) atoms. The zero-order valence-electron chi connectivity index (χ0n) is 14.2. The summed E-state index contributed by atoms with van der Waals surface area (Å²) >= 11 is 1.77. The van der Waals surface area contributed by atoms with Crippen molar-refractivity contribution in [1.82, 2.24) is 9.97 Å². The summed E-state index contributed by atoms with van der Waals surface area (Å²) in [5, 5.41) is 0. The van der Waals surface area contributed by atoms with Gasteiger partial charge in [0.15, 0.2) is 11.6 Å². The van der Waals surface area contributed by atoms with Gasteiger partial charge in [0.1, 0.15) is 0 Å². The molecular formula is C21H19N3S. The quantitative estimate of drug-likeness (QED) is 0.449. The van der Waals surface area contributed by atoms with Crippen LogP contribution in [0.2, 0.25) is 0 Å². The molecule has 0 atom stereocenters. The smallest absolute Gasteiger partial charge is 0.152 e. The third kappa shape index (κ3) is 2.44. The van der Waals surface area contributed by atoms with Crippen LogP contribution in [0.4, 0.5) is 17.3 Å². The second-order valence-electron chi connectivity index (χ2n) is 6.72. The first-order valence-corrected chi connectivity index (χ1v) is 9.63. The van der Waals surface area contributed by atoms with Crippen molar-refractivity contribution >= 4 is 29.1 Å². The molecule has 0 bridgehead atoms. The van der Waals surface area contributed by atoms with E-state index in [1.165, 1.54) is 51.4 Å². The molecule has 0 amide bonds. The Labute approximate surface area is 152 Å². The molecule has 3 aromatic rings. The van der Waals surface area contributed by atoms with Crippen LogP contribution in [0.1, 0.15) is 29.5 Å². The van der Waals surface area contributed by atoms with E-state index in [1.807, 2.05) is 18.5 Å². The Morgan fingerprint density at radius 2 is 1.84 bits per heavy atom. The van der Waals surface area contributed by atoms with Crippen molar-refractivity contribution in [2.75, 3.05) is 4.90 Å². The Morgan fingerprint density at radius 1 is 0.960 bits per heavy atom. The van der Waals surface area contributed by atoms with Gasteiger partial charge in [-0.1, -0.05) is 23.9 Å². The maximum absolute atomic E-state index is 4.79. The van der Waals surface area contributed by atoms with Crippen LogP contribution in [-0.2, 0) is 12.8 Å². The van der Waals surface area contributed by atoms with Crippen LogP contribution in [0.5, 0.6) is 0 Å². The molecule has 0 unspecified atom stereocenters. The Kier molecular flexibility index (Phi) is 3.52. The lowest BCUT2D eigenvalue weighted by Crippen LogP contribution is -2.20. The molecule has 0 fully saturated rings. The molecule has 2 aromatic heterocycles. The van der Waals surface area contributed by atoms with Crippen LogP contribution >= 0.6 is 11.8 Å². The van der Waals surface area contributed by atoms with Crippen molar-refractivity contribution < 1.29 is 0 Å². The van der Waals surface area contributed by atoms with Gasteiger partial charge in [-0.2, -0.15) is 0 Å². The molecule has 0 spiro atoms. The monoisotopic (exact) mass is 345 g/mol. The normalized spacial score (nSPS) is 15.3. The zero-order valence-corrected chi connectivity index (χ0v) is 15.0. The van der Waals surface area contributed by atoms with Crippen LogP contribution in [0.15, 0.2) is 58.6 Å². The van der Waals surface area contributed by atoms with Crippen molar-refractivity contribution in [2.24, 2.45) is 0 Å². The first-order chi connectivity index (χ1) is 12.3. The van der Waals surface area contributed by atoms with Crippen LogP contribution in [0.3, 0.4) is 0 Å². The number of pyridine rings is 2. The standard InChI is InChI=1S/C21H19N3S/c1-14-12-19-21(23-13-14)24(20-18(25-19)10-5-11-22-20)17-9-4-7-15-6-2-3-8-16(15)17/h4-5,7,9-13H,2-3,6,8H2,1H3. The molecule has 0 saturated carbocycles. The van der Waals surface area contributed by atoms with Gasteiger partial charge in [0.25, 0.3) is 0 Å². The number of aromatic nitrogens is 2. The second-order valence-corrected chi connectivity index (χ2v) is 7.80. The lowest BCUT2D eigenvalue weighted by Gasteiger charge is -2.33. The van der Waals surface area contributed by atoms with Gasteiger partial charge in [0.2, 0.25) is 0 Å². The van der Waals surface area contributed by atoms with Gasteiger partial charge < -0.3 is 0 Å². The summed E-state index contributed by atoms with van der Waals surface area (Å²) < 4.78 is 0. The highest BCUT2D eigenvalue weighted by atomic mass is 32.2. The third-order valence-electron chi connectivity index (χ3n) is 4.98. The van der Waals surface area contributed by atoms with Crippen molar-refractivity contribution in [3.63, 3.8) is 0 Å². The fourth-order valence-corrected chi connectivity index (χ4v) is 4.92. The molecule has 124 valence electrons. The summed E-state index contributed by atoms with van der Waals surface area (Å²) in [6.07, 6.45) is 8.69. The number of rotatable bonds is 1. The van der Waals surface area contributed by atoms with Crippen LogP contribution < -0.4 is 4.90 Å². The molecule has 0 radical (unpaired) electrons. The fourth-order valence-electron chi connectivity index (χ4n) is 3.83. The minimum atomic E-state index is 0.996. The third-order valence-corrected chi connectivity index (χ3v) is 6.04. The molecule has 1 aliphatic carbocycles. The molecule has 3 nitrogen and oxygen atoms in total. The largest absolute Gasteiger partial charge is 0.277 e. The lowest BCUT2D eigenvalue weighted by atomic mass is 9.90. The zero-order chi connectivity index (χ0) is 16.8. The Morgan fingerprint density at radius 3 is 2.80 bits per heavy atom. The number of aryl methyl sites for hydroxylation is 2. The summed E-state index contributed by atoms with van der Waals surface area (Å²) in [5.74, 6) is 2.00. The molecule has 0 saturated heterocycles. The Hall–Kier alpha value is -2.33. The number of hydrogen-bond acceptors (Lipinski definition) is 4. The van der Waals surface area contributed by atoms with E-state index >= 15 is 0 Å². The SMILES string of the molecule is Cc1cnc2c(c1)Sc1cccnc1N2c1cccc2c1CCCC2. The first kappa shape index (κ1) is 15.0. The van der Waals surface area contributed by atoms with Gasteiger partial charge in [-0.25, -0.2) is 9.97 Å². The predicted octanol–water partition coefficient (Wildman–Crippen LogP) is 5.60. The predicted molar refractivity (Wildman–Crippen MR) is 102 cm³/mol. The average Bonchev–Trinajstić information content (AvgIpc) is 2.65. The summed E-state index contributed by atoms with van der Waals surface area (Å²) in [4.78, 5) is 14.2. The van der Waals surface area contributed by atoms with E-state index in [0.717, 1.165) is 18.1 Å². The fraction of sp³-hybridized carbons (Fsp3) is 0.238.